The van der Waals surface area contributed by atoms with Crippen molar-refractivity contribution in [2.75, 3.05) is 11.9 Å². The monoisotopic (exact) mass is 347 g/mol. The van der Waals surface area contributed by atoms with Gasteiger partial charge in [-0.25, -0.2) is 0 Å². The lowest BCUT2D eigenvalue weighted by molar-refractivity contribution is -0.0497. The molecule has 1 saturated heterocycles. The Morgan fingerprint density at radius 2 is 2.04 bits per heavy atom. The molecule has 2 atom stereocenters. The normalized spacial score (nSPS) is 23.0. The summed E-state index contributed by atoms with van der Waals surface area (Å²) in [5.41, 5.74) is 7.91. The van der Waals surface area contributed by atoms with Gasteiger partial charge in [-0.15, -0.1) is 0 Å². The first-order chi connectivity index (χ1) is 12.0. The standard InChI is InChI=1S/C17H19F2N5O/c1-9-14(10(2)24-23-9)8-22-16-11(6-20)7-21-15-4-3-12(5-13(15)16)25-17(18)19/h3-5,7,9-10,14,17,23-24H,8H2,1-2H3,(H,21,22). The fraction of sp³-hybridized carbons (Fsp3) is 0.412. The number of hydrazine groups is 1. The average molecular weight is 347 g/mol. The number of pyridine rings is 1. The van der Waals surface area contributed by atoms with Crippen molar-refractivity contribution in [3.63, 3.8) is 0 Å². The molecule has 1 fully saturated rings. The van der Waals surface area contributed by atoms with Crippen LogP contribution >= 0.6 is 0 Å². The van der Waals surface area contributed by atoms with E-state index in [0.29, 0.717) is 34.6 Å². The quantitative estimate of drug-likeness (QED) is 0.771. The summed E-state index contributed by atoms with van der Waals surface area (Å²) in [5.74, 6) is 0.337. The third-order valence-electron chi connectivity index (χ3n) is 4.52. The zero-order chi connectivity index (χ0) is 18.0. The highest BCUT2D eigenvalue weighted by Gasteiger charge is 2.29. The van der Waals surface area contributed by atoms with E-state index in [0.717, 1.165) is 0 Å². The minimum atomic E-state index is -2.90. The van der Waals surface area contributed by atoms with Gasteiger partial charge in [-0.3, -0.25) is 15.8 Å². The summed E-state index contributed by atoms with van der Waals surface area (Å²) in [6.07, 6.45) is 1.48. The van der Waals surface area contributed by atoms with Crippen LogP contribution in [-0.4, -0.2) is 30.2 Å². The van der Waals surface area contributed by atoms with Gasteiger partial charge >= 0.3 is 6.61 Å². The van der Waals surface area contributed by atoms with Crippen molar-refractivity contribution in [2.45, 2.75) is 32.5 Å². The summed E-state index contributed by atoms with van der Waals surface area (Å²) in [5, 5.41) is 13.3. The van der Waals surface area contributed by atoms with Crippen LogP contribution in [0.4, 0.5) is 14.5 Å². The lowest BCUT2D eigenvalue weighted by atomic mass is 9.96. The molecule has 0 amide bonds. The van der Waals surface area contributed by atoms with Crippen LogP contribution in [0, 0.1) is 17.2 Å². The number of halogens is 2. The molecule has 3 rings (SSSR count). The lowest BCUT2D eigenvalue weighted by Gasteiger charge is -2.20. The molecule has 8 heteroatoms. The van der Waals surface area contributed by atoms with Crippen LogP contribution in [-0.2, 0) is 0 Å². The van der Waals surface area contributed by atoms with E-state index in [4.69, 9.17) is 0 Å². The number of alkyl halides is 2. The van der Waals surface area contributed by atoms with Gasteiger partial charge in [-0.2, -0.15) is 14.0 Å². The molecule has 2 aromatic rings. The van der Waals surface area contributed by atoms with Crippen LogP contribution in [0.3, 0.4) is 0 Å². The molecule has 0 aliphatic carbocycles. The summed E-state index contributed by atoms with van der Waals surface area (Å²) >= 11 is 0. The third kappa shape index (κ3) is 3.62. The number of aromatic nitrogens is 1. The van der Waals surface area contributed by atoms with Crippen LogP contribution in [0.2, 0.25) is 0 Å². The number of rotatable bonds is 5. The van der Waals surface area contributed by atoms with Gasteiger partial charge in [0.25, 0.3) is 0 Å². The van der Waals surface area contributed by atoms with Gasteiger partial charge in [0.05, 0.1) is 16.8 Å². The van der Waals surface area contributed by atoms with E-state index in [1.807, 2.05) is 0 Å². The van der Waals surface area contributed by atoms with Crippen molar-refractivity contribution in [3.8, 4) is 11.8 Å². The first kappa shape index (κ1) is 17.3. The molecule has 1 aliphatic heterocycles. The second kappa shape index (κ2) is 7.17. The minimum absolute atomic E-state index is 0.0355. The van der Waals surface area contributed by atoms with Crippen molar-refractivity contribution in [1.29, 1.82) is 5.26 Å². The van der Waals surface area contributed by atoms with E-state index in [2.05, 4.69) is 45.8 Å². The Morgan fingerprint density at radius 3 is 2.68 bits per heavy atom. The van der Waals surface area contributed by atoms with Crippen LogP contribution in [0.25, 0.3) is 10.9 Å². The molecule has 0 bridgehead atoms. The molecule has 2 unspecified atom stereocenters. The summed E-state index contributed by atoms with van der Waals surface area (Å²) < 4.78 is 29.4. The van der Waals surface area contributed by atoms with Gasteiger partial charge in [0.1, 0.15) is 11.8 Å². The van der Waals surface area contributed by atoms with Gasteiger partial charge in [0.2, 0.25) is 0 Å². The molecule has 1 aromatic heterocycles. The maximum Gasteiger partial charge on any atom is 0.387 e. The third-order valence-corrected chi connectivity index (χ3v) is 4.52. The fourth-order valence-electron chi connectivity index (χ4n) is 3.11. The van der Waals surface area contributed by atoms with Crippen LogP contribution < -0.4 is 20.9 Å². The van der Waals surface area contributed by atoms with E-state index < -0.39 is 6.61 Å². The first-order valence-corrected chi connectivity index (χ1v) is 8.02. The lowest BCUT2D eigenvalue weighted by Crippen LogP contribution is -2.30. The summed E-state index contributed by atoms with van der Waals surface area (Å²) in [6.45, 7) is 1.87. The minimum Gasteiger partial charge on any atom is -0.435 e. The Morgan fingerprint density at radius 1 is 1.32 bits per heavy atom. The Labute approximate surface area is 144 Å². The highest BCUT2D eigenvalue weighted by atomic mass is 19.3. The van der Waals surface area contributed by atoms with E-state index in [1.165, 1.54) is 18.3 Å². The van der Waals surface area contributed by atoms with Crippen molar-refractivity contribution in [2.24, 2.45) is 5.92 Å². The van der Waals surface area contributed by atoms with Crippen molar-refractivity contribution < 1.29 is 13.5 Å². The van der Waals surface area contributed by atoms with Gasteiger partial charge in [0, 0.05) is 36.1 Å². The van der Waals surface area contributed by atoms with Crippen molar-refractivity contribution in [1.82, 2.24) is 15.8 Å². The molecule has 0 spiro atoms. The van der Waals surface area contributed by atoms with E-state index in [9.17, 15) is 14.0 Å². The molecule has 0 saturated carbocycles. The molecular formula is C17H19F2N5O. The molecule has 25 heavy (non-hydrogen) atoms. The number of hydrogen-bond acceptors (Lipinski definition) is 6. The van der Waals surface area contributed by atoms with Crippen molar-refractivity contribution >= 4 is 16.6 Å². The maximum atomic E-state index is 12.5. The van der Waals surface area contributed by atoms with Crippen LogP contribution in [0.1, 0.15) is 19.4 Å². The zero-order valence-electron chi connectivity index (χ0n) is 13.9. The Hall–Kier alpha value is -2.50. The number of nitriles is 1. The predicted octanol–water partition coefficient (Wildman–Crippen LogP) is 2.62. The van der Waals surface area contributed by atoms with Gasteiger partial charge in [-0.05, 0) is 32.0 Å². The second-order valence-electron chi connectivity index (χ2n) is 6.13. The predicted molar refractivity (Wildman–Crippen MR) is 90.3 cm³/mol. The van der Waals surface area contributed by atoms with Gasteiger partial charge in [0.15, 0.2) is 0 Å². The highest BCUT2D eigenvalue weighted by molar-refractivity contribution is 5.94. The number of nitrogens with zero attached hydrogens (tertiary/aromatic N) is 2. The zero-order valence-corrected chi connectivity index (χ0v) is 13.9. The number of ether oxygens (including phenoxy) is 1. The molecule has 1 aliphatic rings. The van der Waals surface area contributed by atoms with E-state index >= 15 is 0 Å². The van der Waals surface area contributed by atoms with Crippen LogP contribution in [0.5, 0.6) is 5.75 Å². The number of nitrogens with one attached hydrogen (secondary N) is 3. The average Bonchev–Trinajstić information content (AvgIpc) is 2.90. The summed E-state index contributed by atoms with van der Waals surface area (Å²) in [4.78, 5) is 4.21. The number of hydrogen-bond donors (Lipinski definition) is 3. The second-order valence-corrected chi connectivity index (χ2v) is 6.13. The number of benzene rings is 1. The topological polar surface area (TPSA) is 82.0 Å². The van der Waals surface area contributed by atoms with Crippen molar-refractivity contribution in [3.05, 3.63) is 30.0 Å². The Bertz CT molecular complexity index is 797. The van der Waals surface area contributed by atoms with Crippen LogP contribution in [0.15, 0.2) is 24.4 Å². The molecule has 0 radical (unpaired) electrons. The van der Waals surface area contributed by atoms with Gasteiger partial charge in [-0.1, -0.05) is 0 Å². The van der Waals surface area contributed by atoms with E-state index in [1.54, 1.807) is 6.07 Å². The molecule has 3 N–H and O–H groups in total. The van der Waals surface area contributed by atoms with E-state index in [-0.39, 0.29) is 17.8 Å². The fourth-order valence-corrected chi connectivity index (χ4v) is 3.11. The summed E-state index contributed by atoms with van der Waals surface area (Å²) in [6, 6.07) is 7.15. The molecule has 132 valence electrons. The molecular weight excluding hydrogens is 328 g/mol. The number of fused-ring (bicyclic) bond motifs is 1. The first-order valence-electron chi connectivity index (χ1n) is 8.02. The largest absolute Gasteiger partial charge is 0.435 e. The Kier molecular flexibility index (Phi) is 4.97. The molecule has 2 heterocycles. The number of anilines is 1. The highest BCUT2D eigenvalue weighted by Crippen LogP contribution is 2.30. The molecule has 1 aromatic carbocycles. The van der Waals surface area contributed by atoms with Gasteiger partial charge < -0.3 is 10.1 Å². The summed E-state index contributed by atoms with van der Waals surface area (Å²) in [7, 11) is 0. The Balaban J connectivity index is 1.94. The maximum absolute atomic E-state index is 12.5. The SMILES string of the molecule is CC1NNC(C)C1CNc1c(C#N)cnc2ccc(OC(F)F)cc12. The molecule has 6 nitrogen and oxygen atoms in total. The smallest absolute Gasteiger partial charge is 0.387 e.